The average molecular weight is 390 g/mol. The molecule has 0 saturated carbocycles. The van der Waals surface area contributed by atoms with Crippen LogP contribution in [0, 0.1) is 19.8 Å². The highest BCUT2D eigenvalue weighted by atomic mass is 35.5. The molecule has 1 aliphatic rings. The summed E-state index contributed by atoms with van der Waals surface area (Å²) in [6, 6.07) is 7.40. The van der Waals surface area contributed by atoms with Gasteiger partial charge in [0.1, 0.15) is 0 Å². The molecule has 0 bridgehead atoms. The van der Waals surface area contributed by atoms with E-state index in [9.17, 15) is 9.59 Å². The molecule has 0 radical (unpaired) electrons. The number of ether oxygens (including phenoxy) is 1. The number of aromatic nitrogens is 2. The molecule has 0 spiro atoms. The zero-order valence-electron chi connectivity index (χ0n) is 15.9. The Morgan fingerprint density at radius 2 is 2.04 bits per heavy atom. The van der Waals surface area contributed by atoms with Gasteiger partial charge in [0.05, 0.1) is 40.2 Å². The molecule has 1 atom stereocenters. The number of nitrogens with zero attached hydrogens (tertiary/aromatic N) is 3. The van der Waals surface area contributed by atoms with Crippen LogP contribution in [0.15, 0.2) is 24.3 Å². The first kappa shape index (κ1) is 19.4. The molecule has 6 nitrogen and oxygen atoms in total. The molecule has 1 aromatic carbocycles. The number of carbonyl (C=O) groups is 2. The first-order valence-corrected chi connectivity index (χ1v) is 9.58. The van der Waals surface area contributed by atoms with Gasteiger partial charge in [0.25, 0.3) is 5.91 Å². The smallest absolute Gasteiger partial charge is 0.310 e. The van der Waals surface area contributed by atoms with Gasteiger partial charge in [0.15, 0.2) is 0 Å². The van der Waals surface area contributed by atoms with E-state index in [1.54, 1.807) is 22.6 Å². The Kier molecular flexibility index (Phi) is 5.85. The maximum atomic E-state index is 13.2. The van der Waals surface area contributed by atoms with E-state index >= 15 is 0 Å². The van der Waals surface area contributed by atoms with Crippen molar-refractivity contribution in [1.29, 1.82) is 0 Å². The van der Waals surface area contributed by atoms with E-state index in [4.69, 9.17) is 16.3 Å². The van der Waals surface area contributed by atoms with Gasteiger partial charge in [-0.15, -0.1) is 0 Å². The van der Waals surface area contributed by atoms with Crippen molar-refractivity contribution in [2.75, 3.05) is 19.7 Å². The van der Waals surface area contributed by atoms with Crippen molar-refractivity contribution < 1.29 is 14.3 Å². The summed E-state index contributed by atoms with van der Waals surface area (Å²) in [6.45, 7) is 6.84. The second-order valence-corrected chi connectivity index (χ2v) is 7.16. The SMILES string of the molecule is CCOC(=O)[C@@H]1CCCN(C(=O)c2c(C)nn(-c3ccccc3Cl)c2C)C1. The van der Waals surface area contributed by atoms with Gasteiger partial charge in [0.2, 0.25) is 0 Å². The van der Waals surface area contributed by atoms with Crippen LogP contribution in [0.2, 0.25) is 5.02 Å². The zero-order chi connectivity index (χ0) is 19.6. The van der Waals surface area contributed by atoms with E-state index < -0.39 is 0 Å². The number of para-hydroxylation sites is 1. The average Bonchev–Trinajstić information content (AvgIpc) is 2.96. The van der Waals surface area contributed by atoms with E-state index in [1.807, 2.05) is 32.0 Å². The predicted molar refractivity (Wildman–Crippen MR) is 103 cm³/mol. The molecule has 0 unspecified atom stereocenters. The maximum absolute atomic E-state index is 13.2. The molecule has 1 aliphatic heterocycles. The number of rotatable bonds is 4. The Bertz CT molecular complexity index is 862. The number of benzene rings is 1. The summed E-state index contributed by atoms with van der Waals surface area (Å²) in [5, 5.41) is 5.11. The molecule has 0 aliphatic carbocycles. The van der Waals surface area contributed by atoms with Gasteiger partial charge in [-0.25, -0.2) is 4.68 Å². The number of hydrogen-bond acceptors (Lipinski definition) is 4. The summed E-state index contributed by atoms with van der Waals surface area (Å²) >= 11 is 6.30. The minimum Gasteiger partial charge on any atom is -0.466 e. The van der Waals surface area contributed by atoms with Crippen LogP contribution >= 0.6 is 11.6 Å². The Balaban J connectivity index is 1.87. The Morgan fingerprint density at radius 3 is 2.74 bits per heavy atom. The van der Waals surface area contributed by atoms with E-state index in [1.165, 1.54) is 0 Å². The molecular formula is C20H24ClN3O3. The van der Waals surface area contributed by atoms with Crippen molar-refractivity contribution in [1.82, 2.24) is 14.7 Å². The number of carbonyl (C=O) groups excluding carboxylic acids is 2. The summed E-state index contributed by atoms with van der Waals surface area (Å²) in [4.78, 5) is 27.0. The van der Waals surface area contributed by atoms with Crippen LogP contribution in [0.3, 0.4) is 0 Å². The zero-order valence-corrected chi connectivity index (χ0v) is 16.6. The van der Waals surface area contributed by atoms with Gasteiger partial charge in [0, 0.05) is 13.1 Å². The summed E-state index contributed by atoms with van der Waals surface area (Å²) in [6.07, 6.45) is 1.53. The molecular weight excluding hydrogens is 366 g/mol. The number of hydrogen-bond donors (Lipinski definition) is 0. The molecule has 0 N–H and O–H groups in total. The predicted octanol–water partition coefficient (Wildman–Crippen LogP) is 3.56. The van der Waals surface area contributed by atoms with Crippen molar-refractivity contribution in [3.63, 3.8) is 0 Å². The number of esters is 1. The van der Waals surface area contributed by atoms with E-state index in [0.29, 0.717) is 36.0 Å². The normalized spacial score (nSPS) is 17.0. The summed E-state index contributed by atoms with van der Waals surface area (Å²) in [5.74, 6) is -0.589. The second kappa shape index (κ2) is 8.13. The molecule has 1 amide bonds. The Hall–Kier alpha value is -2.34. The van der Waals surface area contributed by atoms with E-state index in [-0.39, 0.29) is 17.8 Å². The third kappa shape index (κ3) is 3.86. The van der Waals surface area contributed by atoms with Gasteiger partial charge in [-0.1, -0.05) is 23.7 Å². The minimum absolute atomic E-state index is 0.0997. The highest BCUT2D eigenvalue weighted by molar-refractivity contribution is 6.32. The van der Waals surface area contributed by atoms with Gasteiger partial charge < -0.3 is 9.64 Å². The molecule has 1 aromatic heterocycles. The highest BCUT2D eigenvalue weighted by Gasteiger charge is 2.32. The lowest BCUT2D eigenvalue weighted by molar-refractivity contribution is -0.149. The van der Waals surface area contributed by atoms with Gasteiger partial charge in [-0.05, 0) is 45.7 Å². The number of halogens is 1. The van der Waals surface area contributed by atoms with Crippen molar-refractivity contribution >= 4 is 23.5 Å². The molecule has 1 fully saturated rings. The van der Waals surface area contributed by atoms with Crippen LogP contribution in [0.1, 0.15) is 41.5 Å². The van der Waals surface area contributed by atoms with Crippen LogP contribution in [0.4, 0.5) is 0 Å². The van der Waals surface area contributed by atoms with Crippen LogP contribution in [-0.2, 0) is 9.53 Å². The lowest BCUT2D eigenvalue weighted by atomic mass is 9.97. The molecule has 3 rings (SSSR count). The summed E-state index contributed by atoms with van der Waals surface area (Å²) in [5.41, 5.74) is 2.70. The monoisotopic (exact) mass is 389 g/mol. The molecule has 2 heterocycles. The van der Waals surface area contributed by atoms with Crippen molar-refractivity contribution in [2.45, 2.75) is 33.6 Å². The second-order valence-electron chi connectivity index (χ2n) is 6.75. The van der Waals surface area contributed by atoms with Crippen LogP contribution in [-0.4, -0.2) is 46.3 Å². The number of aryl methyl sites for hydroxylation is 1. The van der Waals surface area contributed by atoms with E-state index in [0.717, 1.165) is 24.2 Å². The lowest BCUT2D eigenvalue weighted by Crippen LogP contribution is -2.43. The fourth-order valence-electron chi connectivity index (χ4n) is 3.58. The lowest BCUT2D eigenvalue weighted by Gasteiger charge is -2.31. The van der Waals surface area contributed by atoms with Crippen LogP contribution < -0.4 is 0 Å². The highest BCUT2D eigenvalue weighted by Crippen LogP contribution is 2.26. The van der Waals surface area contributed by atoms with Gasteiger partial charge in [-0.3, -0.25) is 9.59 Å². The van der Waals surface area contributed by atoms with Crippen molar-refractivity contribution in [2.24, 2.45) is 5.92 Å². The van der Waals surface area contributed by atoms with Gasteiger partial charge >= 0.3 is 5.97 Å². The number of amides is 1. The largest absolute Gasteiger partial charge is 0.466 e. The summed E-state index contributed by atoms with van der Waals surface area (Å²) in [7, 11) is 0. The minimum atomic E-state index is -0.262. The first-order chi connectivity index (χ1) is 12.9. The third-order valence-corrected chi connectivity index (χ3v) is 5.23. The third-order valence-electron chi connectivity index (χ3n) is 4.91. The molecule has 7 heteroatoms. The standard InChI is InChI=1S/C20H24ClN3O3/c1-4-27-20(26)15-8-7-11-23(12-15)19(25)18-13(2)22-24(14(18)3)17-10-6-5-9-16(17)21/h5-6,9-10,15H,4,7-8,11-12H2,1-3H3/t15-/m1/s1. The van der Waals surface area contributed by atoms with Crippen molar-refractivity contribution in [3.8, 4) is 5.69 Å². The Labute approximate surface area is 164 Å². The van der Waals surface area contributed by atoms with Crippen molar-refractivity contribution in [3.05, 3.63) is 46.2 Å². The fourth-order valence-corrected chi connectivity index (χ4v) is 3.80. The Morgan fingerprint density at radius 1 is 1.30 bits per heavy atom. The number of piperidine rings is 1. The van der Waals surface area contributed by atoms with Crippen LogP contribution in [0.25, 0.3) is 5.69 Å². The van der Waals surface area contributed by atoms with Gasteiger partial charge in [-0.2, -0.15) is 5.10 Å². The quantitative estimate of drug-likeness (QED) is 0.750. The summed E-state index contributed by atoms with van der Waals surface area (Å²) < 4.78 is 6.84. The van der Waals surface area contributed by atoms with Crippen LogP contribution in [0.5, 0.6) is 0 Å². The topological polar surface area (TPSA) is 64.4 Å². The molecule has 2 aromatic rings. The first-order valence-electron chi connectivity index (χ1n) is 9.21. The number of likely N-dealkylation sites (tertiary alicyclic amines) is 1. The molecule has 27 heavy (non-hydrogen) atoms. The molecule has 144 valence electrons. The van der Waals surface area contributed by atoms with E-state index in [2.05, 4.69) is 5.10 Å². The molecule has 1 saturated heterocycles. The fraction of sp³-hybridized carbons (Fsp3) is 0.450. The maximum Gasteiger partial charge on any atom is 0.310 e.